The van der Waals surface area contributed by atoms with Crippen molar-refractivity contribution in [3.05, 3.63) is 46.2 Å². The Hall–Kier alpha value is -2.34. The lowest BCUT2D eigenvalue weighted by molar-refractivity contribution is 0.0600. The number of ether oxygens (including phenoxy) is 1. The van der Waals surface area contributed by atoms with Crippen molar-refractivity contribution < 1.29 is 9.53 Å². The highest BCUT2D eigenvalue weighted by atomic mass is 32.1. The molecular weight excluding hydrogens is 276 g/mol. The molecule has 0 radical (unpaired) electrons. The molecule has 3 rings (SSSR count). The number of carbonyl (C=O) groups excluding carboxylic acids is 1. The van der Waals surface area contributed by atoms with Crippen LogP contribution in [0.5, 0.6) is 0 Å². The van der Waals surface area contributed by atoms with Crippen LogP contribution in [0.4, 0.5) is 0 Å². The van der Waals surface area contributed by atoms with Crippen LogP contribution >= 0.6 is 11.5 Å². The Labute approximate surface area is 118 Å². The Balaban J connectivity index is 2.26. The molecule has 102 valence electrons. The van der Waals surface area contributed by atoms with Crippen LogP contribution in [-0.2, 0) is 11.8 Å². The quantitative estimate of drug-likeness (QED) is 0.736. The van der Waals surface area contributed by atoms with Crippen LogP contribution in [-0.4, -0.2) is 22.0 Å². The number of nitrogens with zero attached hydrogens (tertiary/aromatic N) is 1. The average molecular weight is 288 g/mol. The van der Waals surface area contributed by atoms with Crippen LogP contribution in [0.25, 0.3) is 21.8 Å². The average Bonchev–Trinajstić information content (AvgIpc) is 2.96. The van der Waals surface area contributed by atoms with Crippen LogP contribution in [0.3, 0.4) is 0 Å². The molecule has 0 aromatic heterocycles. The lowest BCUT2D eigenvalue weighted by Gasteiger charge is -1.99. The van der Waals surface area contributed by atoms with E-state index in [-0.39, 0.29) is 5.56 Å². The molecule has 0 saturated heterocycles. The smallest absolute Gasteiger partial charge is 0.345 e. The molecule has 0 saturated carbocycles. The van der Waals surface area contributed by atoms with Crippen molar-refractivity contribution >= 4 is 17.5 Å². The van der Waals surface area contributed by atoms with E-state index < -0.39 is 11.5 Å². The van der Waals surface area contributed by atoms with Gasteiger partial charge in [-0.1, -0.05) is 41.9 Å². The third-order valence-electron chi connectivity index (χ3n) is 3.13. The van der Waals surface area contributed by atoms with E-state index in [0.717, 1.165) is 10.4 Å². The van der Waals surface area contributed by atoms with E-state index >= 15 is 0 Å². The van der Waals surface area contributed by atoms with Crippen molar-refractivity contribution in [3.63, 3.8) is 0 Å². The second-order valence-electron chi connectivity index (χ2n) is 4.33. The number of methoxy groups -OCH3 is 1. The number of aryl methyl sites for hydroxylation is 1. The zero-order valence-electron chi connectivity index (χ0n) is 11.0. The summed E-state index contributed by atoms with van der Waals surface area (Å²) < 4.78 is 6.49. The molecule has 1 aromatic rings. The van der Waals surface area contributed by atoms with Gasteiger partial charge < -0.3 is 9.72 Å². The summed E-state index contributed by atoms with van der Waals surface area (Å²) in [6.45, 7) is 0. The number of benzene rings is 1. The number of rotatable bonds is 2. The number of fused-ring (bicyclic) bond motifs is 1. The fraction of sp³-hybridized carbons (Fsp3) is 0.143. The van der Waals surface area contributed by atoms with Gasteiger partial charge in [-0.05, 0) is 5.56 Å². The molecule has 1 N–H and O–H groups in total. The molecule has 0 spiro atoms. The topological polar surface area (TPSA) is 64.1 Å². The molecule has 0 fully saturated rings. The summed E-state index contributed by atoms with van der Waals surface area (Å²) in [5.41, 5.74) is 1.91. The third kappa shape index (κ3) is 1.77. The van der Waals surface area contributed by atoms with Crippen LogP contribution in [0, 0.1) is 0 Å². The molecule has 5 nitrogen and oxygen atoms in total. The van der Waals surface area contributed by atoms with Gasteiger partial charge in [0.05, 0.1) is 23.4 Å². The summed E-state index contributed by atoms with van der Waals surface area (Å²) >= 11 is 1.48. The van der Waals surface area contributed by atoms with E-state index in [1.807, 2.05) is 41.3 Å². The summed E-state index contributed by atoms with van der Waals surface area (Å²) in [6, 6.07) is 9.73. The fourth-order valence-corrected chi connectivity index (χ4v) is 3.28. The molecule has 0 aliphatic carbocycles. The predicted octanol–water partition coefficient (Wildman–Crippen LogP) is 2.33. The Morgan fingerprint density at radius 3 is 2.65 bits per heavy atom. The minimum Gasteiger partial charge on any atom is -0.465 e. The van der Waals surface area contributed by atoms with Gasteiger partial charge in [-0.15, -0.1) is 0 Å². The Morgan fingerprint density at radius 2 is 2.00 bits per heavy atom. The van der Waals surface area contributed by atoms with E-state index in [9.17, 15) is 9.59 Å². The Bertz CT molecular complexity index is 798. The minimum absolute atomic E-state index is 0.0587. The highest BCUT2D eigenvalue weighted by molar-refractivity contribution is 7.11. The first kappa shape index (κ1) is 12.7. The number of H-pyrrole nitrogens is 1. The van der Waals surface area contributed by atoms with Crippen molar-refractivity contribution in [1.82, 2.24) is 8.94 Å². The number of hydrogen-bond acceptors (Lipinski definition) is 4. The molecule has 0 atom stereocenters. The van der Waals surface area contributed by atoms with E-state index in [4.69, 9.17) is 0 Å². The van der Waals surface area contributed by atoms with Gasteiger partial charge in [0, 0.05) is 7.05 Å². The Kier molecular flexibility index (Phi) is 2.94. The largest absolute Gasteiger partial charge is 0.465 e. The molecule has 20 heavy (non-hydrogen) atoms. The summed E-state index contributed by atoms with van der Waals surface area (Å²) in [5, 5.41) is 0. The van der Waals surface area contributed by atoms with Gasteiger partial charge in [0.1, 0.15) is 0 Å². The van der Waals surface area contributed by atoms with Crippen molar-refractivity contribution in [1.29, 1.82) is 0 Å². The maximum absolute atomic E-state index is 12.0. The first-order valence-corrected chi connectivity index (χ1v) is 6.76. The molecule has 6 heteroatoms. The molecule has 2 heterocycles. The summed E-state index contributed by atoms with van der Waals surface area (Å²) in [5.74, 6) is -0.616. The molecule has 0 unspecified atom stereocenters. The molecule has 2 aliphatic rings. The monoisotopic (exact) mass is 288 g/mol. The van der Waals surface area contributed by atoms with Crippen molar-refractivity contribution in [2.24, 2.45) is 7.05 Å². The van der Waals surface area contributed by atoms with Gasteiger partial charge in [0.2, 0.25) is 0 Å². The number of hydrogen-bond donors (Lipinski definition) is 1. The predicted molar refractivity (Wildman–Crippen MR) is 77.3 cm³/mol. The highest BCUT2D eigenvalue weighted by Gasteiger charge is 2.29. The van der Waals surface area contributed by atoms with E-state index in [1.165, 1.54) is 18.6 Å². The number of carbonyl (C=O) groups is 1. The van der Waals surface area contributed by atoms with Crippen LogP contribution in [0.15, 0.2) is 35.1 Å². The van der Waals surface area contributed by atoms with E-state index in [0.29, 0.717) is 11.4 Å². The highest BCUT2D eigenvalue weighted by Crippen LogP contribution is 2.38. The molecule has 0 amide bonds. The zero-order valence-corrected chi connectivity index (χ0v) is 11.8. The van der Waals surface area contributed by atoms with Gasteiger partial charge in [0.25, 0.3) is 5.56 Å². The molecule has 1 aromatic carbocycles. The third-order valence-corrected chi connectivity index (χ3v) is 4.21. The standard InChI is InChI=1S/C14H12N2O3S/c1-16-11-9(14(18)19-2)13(17)15-10(11)12(20-16)8-6-4-3-5-7-8/h3-7H,1-2H3,(H,15,17). The van der Waals surface area contributed by atoms with Crippen LogP contribution in [0.2, 0.25) is 0 Å². The normalized spacial score (nSPS) is 10.9. The first-order valence-electron chi connectivity index (χ1n) is 5.99. The molecular formula is C14H12N2O3S. The van der Waals surface area contributed by atoms with Crippen molar-refractivity contribution in [3.8, 4) is 21.8 Å². The maximum Gasteiger partial charge on any atom is 0.345 e. The second kappa shape index (κ2) is 4.64. The summed E-state index contributed by atoms with van der Waals surface area (Å²) in [4.78, 5) is 27.4. The lowest BCUT2D eigenvalue weighted by Crippen LogP contribution is -2.14. The van der Waals surface area contributed by atoms with Gasteiger partial charge in [-0.25, -0.2) is 4.79 Å². The van der Waals surface area contributed by atoms with Crippen LogP contribution < -0.4 is 5.56 Å². The van der Waals surface area contributed by atoms with Crippen LogP contribution in [0.1, 0.15) is 10.4 Å². The zero-order chi connectivity index (χ0) is 14.3. The minimum atomic E-state index is -0.616. The molecule has 0 bridgehead atoms. The van der Waals surface area contributed by atoms with Gasteiger partial charge in [-0.2, -0.15) is 0 Å². The van der Waals surface area contributed by atoms with Gasteiger partial charge in [0.15, 0.2) is 5.56 Å². The van der Waals surface area contributed by atoms with Gasteiger partial charge in [-0.3, -0.25) is 8.75 Å². The number of esters is 1. The maximum atomic E-state index is 12.0. The number of aromatic nitrogens is 2. The lowest BCUT2D eigenvalue weighted by atomic mass is 10.1. The van der Waals surface area contributed by atoms with E-state index in [2.05, 4.69) is 9.72 Å². The number of nitrogens with one attached hydrogen (secondary N) is 1. The number of aromatic amines is 1. The van der Waals surface area contributed by atoms with Crippen molar-refractivity contribution in [2.45, 2.75) is 0 Å². The second-order valence-corrected chi connectivity index (χ2v) is 5.47. The summed E-state index contributed by atoms with van der Waals surface area (Å²) in [6.07, 6.45) is 0. The Morgan fingerprint density at radius 1 is 1.30 bits per heavy atom. The molecule has 2 aliphatic heterocycles. The summed E-state index contributed by atoms with van der Waals surface area (Å²) in [7, 11) is 3.09. The SMILES string of the molecule is COC(=O)c1c2n(C)sc(-c3ccccc3)c-2[nH]c1=O. The van der Waals surface area contributed by atoms with Gasteiger partial charge >= 0.3 is 5.97 Å². The fourth-order valence-electron chi connectivity index (χ4n) is 2.25. The van der Waals surface area contributed by atoms with E-state index in [1.54, 1.807) is 0 Å². The van der Waals surface area contributed by atoms with Crippen molar-refractivity contribution in [2.75, 3.05) is 7.11 Å². The first-order chi connectivity index (χ1) is 9.63.